The van der Waals surface area contributed by atoms with Crippen molar-refractivity contribution in [3.8, 4) is 5.75 Å². The Bertz CT molecular complexity index is 452. The zero-order valence-electron chi connectivity index (χ0n) is 13.8. The van der Waals surface area contributed by atoms with Crippen molar-refractivity contribution in [2.75, 3.05) is 33.3 Å². The number of hydrogen-bond acceptors (Lipinski definition) is 3. The maximum absolute atomic E-state index is 14.1. The van der Waals surface area contributed by atoms with Crippen LogP contribution in [0.2, 0.25) is 0 Å². The quantitative estimate of drug-likeness (QED) is 0.862. The molecule has 126 valence electrons. The molecule has 2 atom stereocenters. The second-order valence-electron chi connectivity index (χ2n) is 5.86. The van der Waals surface area contributed by atoms with Crippen molar-refractivity contribution in [1.29, 1.82) is 0 Å². The van der Waals surface area contributed by atoms with E-state index in [-0.39, 0.29) is 24.3 Å². The van der Waals surface area contributed by atoms with Crippen LogP contribution in [0.3, 0.4) is 0 Å². The number of methoxy groups -OCH3 is 1. The van der Waals surface area contributed by atoms with Crippen LogP contribution in [0.15, 0.2) is 18.2 Å². The summed E-state index contributed by atoms with van der Waals surface area (Å²) >= 11 is 0. The summed E-state index contributed by atoms with van der Waals surface area (Å²) in [4.78, 5) is 2.47. The maximum atomic E-state index is 14.1. The molecule has 2 rings (SSSR count). The van der Waals surface area contributed by atoms with E-state index in [9.17, 15) is 4.39 Å². The Hall–Kier alpha value is -0.840. The van der Waals surface area contributed by atoms with Crippen LogP contribution in [0, 0.1) is 11.7 Å². The van der Waals surface area contributed by atoms with E-state index in [1.54, 1.807) is 13.2 Å². The summed E-state index contributed by atoms with van der Waals surface area (Å²) in [6, 6.07) is 5.50. The van der Waals surface area contributed by atoms with Crippen molar-refractivity contribution in [3.05, 3.63) is 29.6 Å². The summed E-state index contributed by atoms with van der Waals surface area (Å²) in [7, 11) is 1.56. The van der Waals surface area contributed by atoms with Crippen molar-refractivity contribution >= 4 is 12.4 Å². The van der Waals surface area contributed by atoms with Crippen LogP contribution >= 0.6 is 12.4 Å². The van der Waals surface area contributed by atoms with Gasteiger partial charge in [-0.15, -0.1) is 12.4 Å². The van der Waals surface area contributed by atoms with Crippen LogP contribution in [0.1, 0.15) is 38.3 Å². The highest BCUT2D eigenvalue weighted by Crippen LogP contribution is 2.38. The summed E-state index contributed by atoms with van der Waals surface area (Å²) in [5.41, 5.74) is 0.986. The highest BCUT2D eigenvalue weighted by Gasteiger charge is 2.30. The van der Waals surface area contributed by atoms with Gasteiger partial charge in [0, 0.05) is 37.8 Å². The Labute approximate surface area is 139 Å². The summed E-state index contributed by atoms with van der Waals surface area (Å²) < 4.78 is 19.4. The lowest BCUT2D eigenvalue weighted by atomic mass is 9.88. The van der Waals surface area contributed by atoms with E-state index in [0.717, 1.165) is 44.6 Å². The lowest BCUT2D eigenvalue weighted by Gasteiger charge is -2.39. The van der Waals surface area contributed by atoms with Crippen LogP contribution in [0.25, 0.3) is 0 Å². The fourth-order valence-electron chi connectivity index (χ4n) is 3.41. The molecule has 1 fully saturated rings. The molecule has 0 spiro atoms. The Morgan fingerprint density at radius 2 is 2.00 bits per heavy atom. The van der Waals surface area contributed by atoms with E-state index < -0.39 is 0 Å². The first kappa shape index (κ1) is 19.2. The van der Waals surface area contributed by atoms with E-state index >= 15 is 0 Å². The molecule has 5 heteroatoms. The number of nitrogens with one attached hydrogen (secondary N) is 1. The first-order valence-corrected chi connectivity index (χ1v) is 7.96. The monoisotopic (exact) mass is 330 g/mol. The first-order valence-electron chi connectivity index (χ1n) is 7.96. The van der Waals surface area contributed by atoms with Crippen LogP contribution in [0.5, 0.6) is 5.75 Å². The molecule has 3 nitrogen and oxygen atoms in total. The Morgan fingerprint density at radius 3 is 2.59 bits per heavy atom. The molecular formula is C17H28ClFN2O. The summed E-state index contributed by atoms with van der Waals surface area (Å²) in [5.74, 6) is 0.617. The van der Waals surface area contributed by atoms with Crippen molar-refractivity contribution in [1.82, 2.24) is 10.2 Å². The van der Waals surface area contributed by atoms with Crippen molar-refractivity contribution in [2.24, 2.45) is 5.92 Å². The van der Waals surface area contributed by atoms with Crippen molar-refractivity contribution in [3.63, 3.8) is 0 Å². The van der Waals surface area contributed by atoms with Gasteiger partial charge in [-0.1, -0.05) is 32.4 Å². The lowest BCUT2D eigenvalue weighted by molar-refractivity contribution is 0.123. The fourth-order valence-corrected chi connectivity index (χ4v) is 3.41. The predicted molar refractivity (Wildman–Crippen MR) is 91.5 cm³/mol. The van der Waals surface area contributed by atoms with E-state index in [1.165, 1.54) is 6.07 Å². The van der Waals surface area contributed by atoms with Crippen molar-refractivity contribution < 1.29 is 9.13 Å². The van der Waals surface area contributed by atoms with Gasteiger partial charge in [-0.25, -0.2) is 4.39 Å². The van der Waals surface area contributed by atoms with Gasteiger partial charge in [0.1, 0.15) is 0 Å². The number of halogens is 2. The van der Waals surface area contributed by atoms with Gasteiger partial charge in [-0.3, -0.25) is 4.90 Å². The highest BCUT2D eigenvalue weighted by atomic mass is 35.5. The SMILES string of the molecule is CCCC(C)[C@H](c1cccc(F)c1OC)N1CCNCC1.Cl. The topological polar surface area (TPSA) is 24.5 Å². The zero-order valence-corrected chi connectivity index (χ0v) is 14.6. The van der Waals surface area contributed by atoms with Gasteiger partial charge in [0.05, 0.1) is 7.11 Å². The first-order chi connectivity index (χ1) is 10.2. The maximum Gasteiger partial charge on any atom is 0.165 e. The second kappa shape index (κ2) is 9.33. The number of para-hydroxylation sites is 1. The third-order valence-corrected chi connectivity index (χ3v) is 4.35. The molecule has 1 unspecified atom stereocenters. The van der Waals surface area contributed by atoms with Gasteiger partial charge in [0.15, 0.2) is 11.6 Å². The molecule has 1 aliphatic rings. The Morgan fingerprint density at radius 1 is 1.32 bits per heavy atom. The minimum Gasteiger partial charge on any atom is -0.493 e. The van der Waals surface area contributed by atoms with Crippen LogP contribution < -0.4 is 10.1 Å². The van der Waals surface area contributed by atoms with Gasteiger partial charge in [-0.2, -0.15) is 0 Å². The number of rotatable bonds is 6. The number of benzene rings is 1. The number of piperazine rings is 1. The van der Waals surface area contributed by atoms with E-state index in [2.05, 4.69) is 24.1 Å². The molecule has 0 amide bonds. The van der Waals surface area contributed by atoms with Crippen LogP contribution in [0.4, 0.5) is 4.39 Å². The third-order valence-electron chi connectivity index (χ3n) is 4.35. The summed E-state index contributed by atoms with van der Waals surface area (Å²) in [6.45, 7) is 8.45. The molecule has 1 aliphatic heterocycles. The highest BCUT2D eigenvalue weighted by molar-refractivity contribution is 5.85. The Balaban J connectivity index is 0.00000242. The number of ether oxygens (including phenoxy) is 1. The fraction of sp³-hybridized carbons (Fsp3) is 0.647. The van der Waals surface area contributed by atoms with Gasteiger partial charge >= 0.3 is 0 Å². The molecule has 0 aromatic heterocycles. The lowest BCUT2D eigenvalue weighted by Crippen LogP contribution is -2.46. The molecule has 22 heavy (non-hydrogen) atoms. The standard InChI is InChI=1S/C17H27FN2O.ClH/c1-4-6-13(2)16(20-11-9-19-10-12-20)14-7-5-8-15(18)17(14)21-3;/h5,7-8,13,16,19H,4,6,9-12H2,1-3H3;1H/t13?,16-;/m1./s1. The average molecular weight is 331 g/mol. The van der Waals surface area contributed by atoms with Gasteiger partial charge < -0.3 is 10.1 Å². The summed E-state index contributed by atoms with van der Waals surface area (Å²) in [5, 5.41) is 3.38. The average Bonchev–Trinajstić information content (AvgIpc) is 2.49. The molecule has 1 saturated heterocycles. The van der Waals surface area contributed by atoms with Crippen LogP contribution in [-0.4, -0.2) is 38.2 Å². The molecule has 0 aliphatic carbocycles. The molecule has 1 heterocycles. The smallest absolute Gasteiger partial charge is 0.165 e. The number of nitrogens with zero attached hydrogens (tertiary/aromatic N) is 1. The van der Waals surface area contributed by atoms with Crippen LogP contribution in [-0.2, 0) is 0 Å². The molecule has 1 aromatic rings. The third kappa shape index (κ3) is 4.34. The molecule has 1 N–H and O–H groups in total. The van der Waals surface area contributed by atoms with E-state index in [1.807, 2.05) is 6.07 Å². The minimum atomic E-state index is -0.265. The largest absolute Gasteiger partial charge is 0.493 e. The Kier molecular flexibility index (Phi) is 8.15. The van der Waals surface area contributed by atoms with Crippen molar-refractivity contribution in [2.45, 2.75) is 32.7 Å². The predicted octanol–water partition coefficient (Wildman–Crippen LogP) is 3.64. The van der Waals surface area contributed by atoms with E-state index in [4.69, 9.17) is 4.74 Å². The summed E-state index contributed by atoms with van der Waals surface area (Å²) in [6.07, 6.45) is 2.27. The number of hydrogen-bond donors (Lipinski definition) is 1. The normalized spacial score (nSPS) is 18.4. The second-order valence-corrected chi connectivity index (χ2v) is 5.86. The van der Waals surface area contributed by atoms with E-state index in [0.29, 0.717) is 11.7 Å². The van der Waals surface area contributed by atoms with Gasteiger partial charge in [0.25, 0.3) is 0 Å². The zero-order chi connectivity index (χ0) is 15.2. The molecule has 0 bridgehead atoms. The van der Waals surface area contributed by atoms with Gasteiger partial charge in [0.2, 0.25) is 0 Å². The minimum absolute atomic E-state index is 0. The molecule has 0 saturated carbocycles. The molecule has 0 radical (unpaired) electrons. The van der Waals surface area contributed by atoms with Gasteiger partial charge in [-0.05, 0) is 18.4 Å². The molecule has 1 aromatic carbocycles. The molecular weight excluding hydrogens is 303 g/mol.